The van der Waals surface area contributed by atoms with Gasteiger partial charge in [-0.1, -0.05) is 12.1 Å². The largest absolute Gasteiger partial charge is 0.497 e. The Morgan fingerprint density at radius 1 is 1.23 bits per heavy atom. The second kappa shape index (κ2) is 8.45. The zero-order valence-electron chi connectivity index (χ0n) is 17.5. The van der Waals surface area contributed by atoms with E-state index in [4.69, 9.17) is 4.74 Å². The quantitative estimate of drug-likeness (QED) is 0.655. The number of aliphatic hydroxyl groups is 1. The molecular formula is C23H28N4O3. The first-order valence-corrected chi connectivity index (χ1v) is 10.2. The molecule has 158 valence electrons. The van der Waals surface area contributed by atoms with Gasteiger partial charge in [-0.25, -0.2) is 0 Å². The molecule has 0 unspecified atom stereocenters. The summed E-state index contributed by atoms with van der Waals surface area (Å²) < 4.78 is 7.15. The summed E-state index contributed by atoms with van der Waals surface area (Å²) in [4.78, 5) is 13.7. The van der Waals surface area contributed by atoms with Gasteiger partial charge in [0.2, 0.25) is 5.91 Å². The van der Waals surface area contributed by atoms with Crippen LogP contribution in [-0.4, -0.2) is 51.5 Å². The molecule has 0 saturated carbocycles. The maximum Gasteiger partial charge on any atom is 0.221 e. The molecule has 1 fully saturated rings. The third-order valence-electron chi connectivity index (χ3n) is 5.74. The standard InChI is InChI=1S/C23H28N4O3/c1-17(28)25-20-7-6-19-14-24-27(22(19)13-20)16-23(29)8-10-26(11-9-23)15-18-4-3-5-21(12-18)30-2/h3-7,12-14,29H,8-11,15-16H2,1-2H3,(H,25,28). The van der Waals surface area contributed by atoms with Crippen LogP contribution in [0.2, 0.25) is 0 Å². The van der Waals surface area contributed by atoms with Crippen molar-refractivity contribution in [2.24, 2.45) is 0 Å². The first kappa shape index (κ1) is 20.4. The Morgan fingerprint density at radius 2 is 2.03 bits per heavy atom. The number of hydrogen-bond donors (Lipinski definition) is 2. The van der Waals surface area contributed by atoms with Crippen LogP contribution in [0.5, 0.6) is 5.75 Å². The number of anilines is 1. The Labute approximate surface area is 176 Å². The van der Waals surface area contributed by atoms with Crippen molar-refractivity contribution in [2.75, 3.05) is 25.5 Å². The lowest BCUT2D eigenvalue weighted by molar-refractivity contribution is -0.114. The predicted octanol–water partition coefficient (Wildman–Crippen LogP) is 3.03. The number of fused-ring (bicyclic) bond motifs is 1. The lowest BCUT2D eigenvalue weighted by atomic mass is 9.91. The van der Waals surface area contributed by atoms with Crippen molar-refractivity contribution in [1.29, 1.82) is 0 Å². The molecular weight excluding hydrogens is 380 g/mol. The van der Waals surface area contributed by atoms with E-state index in [9.17, 15) is 9.90 Å². The number of nitrogens with zero attached hydrogens (tertiary/aromatic N) is 3. The SMILES string of the molecule is COc1cccc(CN2CCC(O)(Cn3ncc4ccc(NC(C)=O)cc43)CC2)c1. The molecule has 4 rings (SSSR count). The first-order valence-electron chi connectivity index (χ1n) is 10.2. The van der Waals surface area contributed by atoms with Crippen LogP contribution < -0.4 is 10.1 Å². The van der Waals surface area contributed by atoms with E-state index in [1.807, 2.05) is 35.0 Å². The maximum absolute atomic E-state index is 11.4. The third-order valence-corrected chi connectivity index (χ3v) is 5.74. The normalized spacial score (nSPS) is 16.5. The molecule has 0 bridgehead atoms. The van der Waals surface area contributed by atoms with E-state index in [2.05, 4.69) is 27.4 Å². The van der Waals surface area contributed by atoms with Crippen LogP contribution in [0.4, 0.5) is 5.69 Å². The number of piperidine rings is 1. The van der Waals surface area contributed by atoms with Crippen molar-refractivity contribution < 1.29 is 14.6 Å². The number of methoxy groups -OCH3 is 1. The van der Waals surface area contributed by atoms with Gasteiger partial charge in [-0.05, 0) is 48.7 Å². The fourth-order valence-electron chi connectivity index (χ4n) is 4.07. The van der Waals surface area contributed by atoms with Gasteiger partial charge < -0.3 is 15.2 Å². The van der Waals surface area contributed by atoms with Gasteiger partial charge in [0, 0.05) is 37.6 Å². The first-order chi connectivity index (χ1) is 14.4. The molecule has 0 radical (unpaired) electrons. The van der Waals surface area contributed by atoms with E-state index in [-0.39, 0.29) is 5.91 Å². The van der Waals surface area contributed by atoms with Gasteiger partial charge in [-0.3, -0.25) is 14.4 Å². The summed E-state index contributed by atoms with van der Waals surface area (Å²) in [5.74, 6) is 0.757. The van der Waals surface area contributed by atoms with Crippen molar-refractivity contribution in [3.63, 3.8) is 0 Å². The number of aromatic nitrogens is 2. The summed E-state index contributed by atoms with van der Waals surface area (Å²) in [6, 6.07) is 13.8. The van der Waals surface area contributed by atoms with E-state index in [0.717, 1.165) is 42.0 Å². The second-order valence-electron chi connectivity index (χ2n) is 8.11. The van der Waals surface area contributed by atoms with Crippen LogP contribution in [0.25, 0.3) is 10.9 Å². The molecule has 7 heteroatoms. The summed E-state index contributed by atoms with van der Waals surface area (Å²) >= 11 is 0. The monoisotopic (exact) mass is 408 g/mol. The van der Waals surface area contributed by atoms with E-state index < -0.39 is 5.60 Å². The van der Waals surface area contributed by atoms with Gasteiger partial charge in [-0.15, -0.1) is 0 Å². The number of carbonyl (C=O) groups is 1. The second-order valence-corrected chi connectivity index (χ2v) is 8.11. The van der Waals surface area contributed by atoms with Crippen molar-refractivity contribution >= 4 is 22.5 Å². The molecule has 1 aromatic heterocycles. The Hall–Kier alpha value is -2.90. The highest BCUT2D eigenvalue weighted by molar-refractivity contribution is 5.92. The maximum atomic E-state index is 11.4. The van der Waals surface area contributed by atoms with Crippen molar-refractivity contribution in [3.05, 3.63) is 54.2 Å². The van der Waals surface area contributed by atoms with Gasteiger partial charge in [0.1, 0.15) is 5.75 Å². The van der Waals surface area contributed by atoms with Crippen LogP contribution in [0.1, 0.15) is 25.3 Å². The number of nitrogens with one attached hydrogen (secondary N) is 1. The molecule has 1 saturated heterocycles. The molecule has 30 heavy (non-hydrogen) atoms. The third kappa shape index (κ3) is 4.63. The fraction of sp³-hybridized carbons (Fsp3) is 0.391. The van der Waals surface area contributed by atoms with E-state index in [0.29, 0.717) is 19.4 Å². The van der Waals surface area contributed by atoms with Gasteiger partial charge >= 0.3 is 0 Å². The average Bonchev–Trinajstić information content (AvgIpc) is 3.11. The van der Waals surface area contributed by atoms with Crippen molar-refractivity contribution in [1.82, 2.24) is 14.7 Å². The summed E-state index contributed by atoms with van der Waals surface area (Å²) in [5.41, 5.74) is 2.06. The molecule has 0 spiro atoms. The minimum absolute atomic E-state index is 0.109. The van der Waals surface area contributed by atoms with E-state index in [1.54, 1.807) is 13.3 Å². The summed E-state index contributed by atoms with van der Waals surface area (Å²) in [6.45, 7) is 4.42. The van der Waals surface area contributed by atoms with Crippen molar-refractivity contribution in [3.8, 4) is 5.75 Å². The molecule has 0 aliphatic carbocycles. The Bertz CT molecular complexity index is 1040. The van der Waals surface area contributed by atoms with Gasteiger partial charge in [0.15, 0.2) is 0 Å². The Kier molecular flexibility index (Phi) is 5.74. The number of carbonyl (C=O) groups excluding carboxylic acids is 1. The summed E-state index contributed by atoms with van der Waals surface area (Å²) in [6.07, 6.45) is 3.17. The Morgan fingerprint density at radius 3 is 2.77 bits per heavy atom. The summed E-state index contributed by atoms with van der Waals surface area (Å²) in [5, 5.41) is 19.5. The lowest BCUT2D eigenvalue weighted by Gasteiger charge is -2.38. The van der Waals surface area contributed by atoms with Gasteiger partial charge in [-0.2, -0.15) is 5.10 Å². The number of hydrogen-bond acceptors (Lipinski definition) is 5. The number of likely N-dealkylation sites (tertiary alicyclic amines) is 1. The molecule has 2 aromatic carbocycles. The molecule has 1 aliphatic heterocycles. The fourth-order valence-corrected chi connectivity index (χ4v) is 4.07. The van der Waals surface area contributed by atoms with Crippen LogP contribution in [0.3, 0.4) is 0 Å². The highest BCUT2D eigenvalue weighted by atomic mass is 16.5. The highest BCUT2D eigenvalue weighted by Crippen LogP contribution is 2.28. The van der Waals surface area contributed by atoms with E-state index in [1.165, 1.54) is 12.5 Å². The zero-order chi connectivity index (χ0) is 21.1. The molecule has 2 heterocycles. The molecule has 3 aromatic rings. The molecule has 1 amide bonds. The van der Waals surface area contributed by atoms with Gasteiger partial charge in [0.05, 0.1) is 31.0 Å². The Balaban J connectivity index is 1.41. The molecule has 7 nitrogen and oxygen atoms in total. The summed E-state index contributed by atoms with van der Waals surface area (Å²) in [7, 11) is 1.68. The highest BCUT2D eigenvalue weighted by Gasteiger charge is 2.33. The number of amides is 1. The molecule has 2 N–H and O–H groups in total. The van der Waals surface area contributed by atoms with E-state index >= 15 is 0 Å². The van der Waals surface area contributed by atoms with Crippen LogP contribution >= 0.6 is 0 Å². The lowest BCUT2D eigenvalue weighted by Crippen LogP contribution is -2.46. The number of ether oxygens (including phenoxy) is 1. The average molecular weight is 409 g/mol. The zero-order valence-corrected chi connectivity index (χ0v) is 17.5. The number of rotatable bonds is 6. The predicted molar refractivity (Wildman–Crippen MR) is 116 cm³/mol. The number of benzene rings is 2. The van der Waals surface area contributed by atoms with Crippen LogP contribution in [0, 0.1) is 0 Å². The van der Waals surface area contributed by atoms with Crippen LogP contribution in [-0.2, 0) is 17.9 Å². The van der Waals surface area contributed by atoms with Crippen LogP contribution in [0.15, 0.2) is 48.7 Å². The smallest absolute Gasteiger partial charge is 0.221 e. The molecule has 1 aliphatic rings. The van der Waals surface area contributed by atoms with Gasteiger partial charge in [0.25, 0.3) is 0 Å². The molecule has 0 atom stereocenters. The van der Waals surface area contributed by atoms with Crippen molar-refractivity contribution in [2.45, 2.75) is 38.5 Å². The minimum Gasteiger partial charge on any atom is -0.497 e. The minimum atomic E-state index is -0.798. The topological polar surface area (TPSA) is 79.6 Å².